The maximum atomic E-state index is 9.33. The lowest BCUT2D eigenvalue weighted by Gasteiger charge is -2.14. The Balaban J connectivity index is 2.19. The zero-order chi connectivity index (χ0) is 13.7. The number of aliphatic hydroxyl groups excluding tert-OH is 1. The average molecular weight is 259 g/mol. The van der Waals surface area contributed by atoms with E-state index in [0.717, 1.165) is 11.1 Å². The number of hydrogen-bond acceptors (Lipinski definition) is 4. The minimum atomic E-state index is -0.0847. The van der Waals surface area contributed by atoms with Crippen molar-refractivity contribution in [3.8, 4) is 11.5 Å². The maximum Gasteiger partial charge on any atom is 0.167 e. The summed E-state index contributed by atoms with van der Waals surface area (Å²) >= 11 is 0. The van der Waals surface area contributed by atoms with Crippen LogP contribution in [0.4, 0.5) is 0 Å². The van der Waals surface area contributed by atoms with Gasteiger partial charge in [0.15, 0.2) is 11.5 Å². The summed E-state index contributed by atoms with van der Waals surface area (Å²) in [5.41, 5.74) is 2.78. The Kier molecular flexibility index (Phi) is 4.36. The Labute approximate surface area is 112 Å². The van der Waals surface area contributed by atoms with E-state index in [2.05, 4.69) is 4.98 Å². The molecule has 4 heteroatoms. The molecular weight excluding hydrogens is 242 g/mol. The number of benzene rings is 1. The van der Waals surface area contributed by atoms with Crippen molar-refractivity contribution in [3.05, 3.63) is 53.3 Å². The van der Waals surface area contributed by atoms with E-state index in [4.69, 9.17) is 9.47 Å². The number of aryl methyl sites for hydroxylation is 1. The van der Waals surface area contributed by atoms with Gasteiger partial charge in [0, 0.05) is 23.5 Å². The lowest BCUT2D eigenvalue weighted by atomic mass is 10.2. The molecule has 0 aliphatic heterocycles. The largest absolute Gasteiger partial charge is 0.493 e. The van der Waals surface area contributed by atoms with Gasteiger partial charge in [0.25, 0.3) is 0 Å². The Morgan fingerprint density at radius 3 is 2.79 bits per heavy atom. The molecule has 0 radical (unpaired) electrons. The second-order valence-corrected chi connectivity index (χ2v) is 4.27. The molecule has 19 heavy (non-hydrogen) atoms. The van der Waals surface area contributed by atoms with Gasteiger partial charge >= 0.3 is 0 Å². The number of ether oxygens (including phenoxy) is 2. The molecule has 0 saturated carbocycles. The van der Waals surface area contributed by atoms with Gasteiger partial charge in [-0.05, 0) is 24.6 Å². The summed E-state index contributed by atoms with van der Waals surface area (Å²) in [5.74, 6) is 1.20. The van der Waals surface area contributed by atoms with E-state index in [0.29, 0.717) is 23.7 Å². The summed E-state index contributed by atoms with van der Waals surface area (Å²) < 4.78 is 11.0. The molecule has 0 saturated heterocycles. The second-order valence-electron chi connectivity index (χ2n) is 4.27. The first-order valence-electron chi connectivity index (χ1n) is 6.04. The molecule has 2 rings (SSSR count). The van der Waals surface area contributed by atoms with Gasteiger partial charge in [-0.1, -0.05) is 12.1 Å². The number of rotatable bonds is 5. The summed E-state index contributed by atoms with van der Waals surface area (Å²) in [4.78, 5) is 4.12. The highest BCUT2D eigenvalue weighted by Crippen LogP contribution is 2.31. The third-order valence-electron chi connectivity index (χ3n) is 2.77. The third-order valence-corrected chi connectivity index (χ3v) is 2.77. The lowest BCUT2D eigenvalue weighted by Crippen LogP contribution is -2.01. The molecule has 100 valence electrons. The molecule has 1 N–H and O–H groups in total. The number of aliphatic hydroxyl groups is 1. The highest BCUT2D eigenvalue weighted by atomic mass is 16.5. The van der Waals surface area contributed by atoms with Crippen LogP contribution in [-0.4, -0.2) is 17.2 Å². The van der Waals surface area contributed by atoms with Gasteiger partial charge in [-0.15, -0.1) is 0 Å². The predicted molar refractivity (Wildman–Crippen MR) is 72.2 cm³/mol. The fourth-order valence-electron chi connectivity index (χ4n) is 1.86. The van der Waals surface area contributed by atoms with Crippen LogP contribution >= 0.6 is 0 Å². The molecule has 2 aromatic rings. The number of nitrogens with zero attached hydrogens (tertiary/aromatic N) is 1. The standard InChI is InChI=1S/C15H17NO3/c1-11-6-12(8-16-7-11)10-19-15-13(9-17)4-3-5-14(15)18-2/h3-8,17H,9-10H2,1-2H3. The number of hydrogen-bond donors (Lipinski definition) is 1. The molecule has 0 aliphatic carbocycles. The smallest absolute Gasteiger partial charge is 0.167 e. The molecule has 0 bridgehead atoms. The normalized spacial score (nSPS) is 10.3. The van der Waals surface area contributed by atoms with Crippen molar-refractivity contribution in [2.24, 2.45) is 0 Å². The van der Waals surface area contributed by atoms with Crippen LogP contribution in [0.25, 0.3) is 0 Å². The third kappa shape index (κ3) is 3.23. The highest BCUT2D eigenvalue weighted by molar-refractivity contribution is 5.46. The minimum absolute atomic E-state index is 0.0847. The van der Waals surface area contributed by atoms with Crippen molar-refractivity contribution >= 4 is 0 Å². The molecule has 4 nitrogen and oxygen atoms in total. The van der Waals surface area contributed by atoms with E-state index in [9.17, 15) is 5.11 Å². The van der Waals surface area contributed by atoms with Crippen LogP contribution in [0.5, 0.6) is 11.5 Å². The summed E-state index contributed by atoms with van der Waals surface area (Å²) in [6.45, 7) is 2.29. The molecule has 1 aromatic heterocycles. The fourth-order valence-corrected chi connectivity index (χ4v) is 1.86. The van der Waals surface area contributed by atoms with E-state index in [1.807, 2.05) is 31.2 Å². The second kappa shape index (κ2) is 6.20. The average Bonchev–Trinajstić information content (AvgIpc) is 2.44. The zero-order valence-corrected chi connectivity index (χ0v) is 11.1. The van der Waals surface area contributed by atoms with Crippen LogP contribution in [0.2, 0.25) is 0 Å². The number of aromatic nitrogens is 1. The van der Waals surface area contributed by atoms with Crippen LogP contribution in [0.1, 0.15) is 16.7 Å². The number of para-hydroxylation sites is 1. The van der Waals surface area contributed by atoms with Gasteiger partial charge in [0.2, 0.25) is 0 Å². The quantitative estimate of drug-likeness (QED) is 0.896. The first-order valence-corrected chi connectivity index (χ1v) is 6.04. The Morgan fingerprint density at radius 2 is 2.11 bits per heavy atom. The Morgan fingerprint density at radius 1 is 1.26 bits per heavy atom. The SMILES string of the molecule is COc1cccc(CO)c1OCc1cncc(C)c1. The predicted octanol–water partition coefficient (Wildman–Crippen LogP) is 2.47. The molecular formula is C15H17NO3. The van der Waals surface area contributed by atoms with Gasteiger partial charge < -0.3 is 14.6 Å². The van der Waals surface area contributed by atoms with Gasteiger partial charge in [-0.2, -0.15) is 0 Å². The van der Waals surface area contributed by atoms with Crippen molar-refractivity contribution in [2.45, 2.75) is 20.1 Å². The van der Waals surface area contributed by atoms with E-state index < -0.39 is 0 Å². The summed E-state index contributed by atoms with van der Waals surface area (Å²) in [6.07, 6.45) is 3.56. The van der Waals surface area contributed by atoms with Crippen molar-refractivity contribution in [1.82, 2.24) is 4.98 Å². The summed E-state index contributed by atoms with van der Waals surface area (Å²) in [6, 6.07) is 7.46. The minimum Gasteiger partial charge on any atom is -0.493 e. The molecule has 0 aliphatic rings. The van der Waals surface area contributed by atoms with Gasteiger partial charge in [-0.25, -0.2) is 0 Å². The van der Waals surface area contributed by atoms with E-state index in [1.165, 1.54) is 0 Å². The molecule has 1 aromatic carbocycles. The van der Waals surface area contributed by atoms with Crippen LogP contribution in [0, 0.1) is 6.92 Å². The zero-order valence-electron chi connectivity index (χ0n) is 11.1. The molecule has 1 heterocycles. The van der Waals surface area contributed by atoms with Gasteiger partial charge in [-0.3, -0.25) is 4.98 Å². The van der Waals surface area contributed by atoms with Crippen LogP contribution in [0.3, 0.4) is 0 Å². The number of pyridine rings is 1. The molecule has 0 fully saturated rings. The monoisotopic (exact) mass is 259 g/mol. The van der Waals surface area contributed by atoms with Crippen molar-refractivity contribution in [1.29, 1.82) is 0 Å². The van der Waals surface area contributed by atoms with Crippen LogP contribution < -0.4 is 9.47 Å². The van der Waals surface area contributed by atoms with Crippen LogP contribution in [0.15, 0.2) is 36.7 Å². The van der Waals surface area contributed by atoms with E-state index in [-0.39, 0.29) is 6.61 Å². The Hall–Kier alpha value is -2.07. The van der Waals surface area contributed by atoms with E-state index in [1.54, 1.807) is 19.5 Å². The summed E-state index contributed by atoms with van der Waals surface area (Å²) in [7, 11) is 1.58. The Bertz CT molecular complexity index is 533. The molecule has 0 atom stereocenters. The van der Waals surface area contributed by atoms with Crippen molar-refractivity contribution in [2.75, 3.05) is 7.11 Å². The van der Waals surface area contributed by atoms with Gasteiger partial charge in [0.05, 0.1) is 13.7 Å². The highest BCUT2D eigenvalue weighted by Gasteiger charge is 2.10. The van der Waals surface area contributed by atoms with Gasteiger partial charge in [0.1, 0.15) is 6.61 Å². The first kappa shape index (κ1) is 13.4. The first-order chi connectivity index (χ1) is 9.24. The van der Waals surface area contributed by atoms with E-state index >= 15 is 0 Å². The van der Waals surface area contributed by atoms with Crippen molar-refractivity contribution in [3.63, 3.8) is 0 Å². The van der Waals surface area contributed by atoms with Crippen molar-refractivity contribution < 1.29 is 14.6 Å². The summed E-state index contributed by atoms with van der Waals surface area (Å²) in [5, 5.41) is 9.33. The topological polar surface area (TPSA) is 51.6 Å². The molecule has 0 unspecified atom stereocenters. The maximum absolute atomic E-state index is 9.33. The fraction of sp³-hybridized carbons (Fsp3) is 0.267. The molecule has 0 amide bonds. The number of methoxy groups -OCH3 is 1. The lowest BCUT2D eigenvalue weighted by molar-refractivity contribution is 0.249. The van der Waals surface area contributed by atoms with Crippen LogP contribution in [-0.2, 0) is 13.2 Å². The molecule has 0 spiro atoms.